The zero-order valence-electron chi connectivity index (χ0n) is 11.7. The van der Waals surface area contributed by atoms with E-state index in [-0.39, 0.29) is 18.0 Å². The molecule has 0 atom stereocenters. The van der Waals surface area contributed by atoms with Crippen LogP contribution in [0.2, 0.25) is 0 Å². The molecule has 6 heteroatoms. The highest BCUT2D eigenvalue weighted by Gasteiger charge is 2.10. The van der Waals surface area contributed by atoms with Crippen LogP contribution in [-0.2, 0) is 6.61 Å². The Balaban J connectivity index is 2.04. The molecule has 0 aliphatic rings. The molecular formula is C15H14N2O4. The van der Waals surface area contributed by atoms with Gasteiger partial charge < -0.3 is 9.84 Å². The Morgan fingerprint density at radius 3 is 2.43 bits per heavy atom. The van der Waals surface area contributed by atoms with Crippen LogP contribution >= 0.6 is 0 Å². The summed E-state index contributed by atoms with van der Waals surface area (Å²) in [6, 6.07) is 6.74. The van der Waals surface area contributed by atoms with E-state index in [0.717, 1.165) is 0 Å². The molecule has 0 radical (unpaired) electrons. The molecule has 1 N–H and O–H groups in total. The largest absolute Gasteiger partial charge is 0.486 e. The summed E-state index contributed by atoms with van der Waals surface area (Å²) in [5.41, 5.74) is 1.08. The number of aromatic carboxylic acids is 1. The molecule has 0 fully saturated rings. The van der Waals surface area contributed by atoms with E-state index in [0.29, 0.717) is 22.8 Å². The lowest BCUT2D eigenvalue weighted by Crippen LogP contribution is -2.08. The van der Waals surface area contributed by atoms with Gasteiger partial charge in [-0.3, -0.25) is 4.79 Å². The first-order valence-corrected chi connectivity index (χ1v) is 6.27. The molecule has 0 unspecified atom stereocenters. The zero-order valence-corrected chi connectivity index (χ0v) is 11.7. The Morgan fingerprint density at radius 1 is 1.24 bits per heavy atom. The van der Waals surface area contributed by atoms with Crippen LogP contribution in [0.25, 0.3) is 0 Å². The number of ketones is 1. The monoisotopic (exact) mass is 286 g/mol. The molecule has 21 heavy (non-hydrogen) atoms. The molecular weight excluding hydrogens is 272 g/mol. The van der Waals surface area contributed by atoms with E-state index in [1.54, 1.807) is 31.2 Å². The summed E-state index contributed by atoms with van der Waals surface area (Å²) in [7, 11) is 0. The maximum Gasteiger partial charge on any atom is 0.339 e. The van der Waals surface area contributed by atoms with Crippen molar-refractivity contribution in [2.24, 2.45) is 0 Å². The van der Waals surface area contributed by atoms with E-state index in [1.807, 2.05) is 0 Å². The molecule has 1 aromatic carbocycles. The SMILES string of the molecule is CC(=O)c1ccc(OCc2ncc(C(=O)O)c(C)n2)cc1. The second kappa shape index (κ2) is 6.13. The Kier molecular flexibility index (Phi) is 4.27. The van der Waals surface area contributed by atoms with Gasteiger partial charge in [-0.1, -0.05) is 0 Å². The summed E-state index contributed by atoms with van der Waals surface area (Å²) in [4.78, 5) is 30.0. The molecule has 1 aromatic heterocycles. The number of carbonyl (C=O) groups excluding carboxylic acids is 1. The fraction of sp³-hybridized carbons (Fsp3) is 0.200. The molecule has 0 saturated heterocycles. The van der Waals surface area contributed by atoms with Gasteiger partial charge in [-0.2, -0.15) is 0 Å². The summed E-state index contributed by atoms with van der Waals surface area (Å²) in [6.07, 6.45) is 1.27. The van der Waals surface area contributed by atoms with Gasteiger partial charge in [0.2, 0.25) is 0 Å². The predicted octanol–water partition coefficient (Wildman–Crippen LogP) is 2.26. The number of Topliss-reactive ketones (excluding diaryl/α,β-unsaturated/α-hetero) is 1. The maximum absolute atomic E-state index is 11.2. The number of ether oxygens (including phenoxy) is 1. The topological polar surface area (TPSA) is 89.4 Å². The molecule has 1 heterocycles. The number of nitrogens with zero attached hydrogens (tertiary/aromatic N) is 2. The second-order valence-corrected chi connectivity index (χ2v) is 4.46. The molecule has 0 bridgehead atoms. The average Bonchev–Trinajstić information content (AvgIpc) is 2.45. The normalized spacial score (nSPS) is 10.2. The maximum atomic E-state index is 11.2. The van der Waals surface area contributed by atoms with Crippen LogP contribution < -0.4 is 4.74 Å². The first-order chi connectivity index (χ1) is 9.97. The number of carboxylic acids is 1. The third-order valence-electron chi connectivity index (χ3n) is 2.89. The van der Waals surface area contributed by atoms with Crippen LogP contribution in [0.1, 0.15) is 39.2 Å². The summed E-state index contributed by atoms with van der Waals surface area (Å²) in [5, 5.41) is 8.90. The minimum Gasteiger partial charge on any atom is -0.486 e. The van der Waals surface area contributed by atoms with E-state index in [1.165, 1.54) is 13.1 Å². The second-order valence-electron chi connectivity index (χ2n) is 4.46. The number of aryl methyl sites for hydroxylation is 1. The van der Waals surface area contributed by atoms with Gasteiger partial charge in [-0.25, -0.2) is 14.8 Å². The lowest BCUT2D eigenvalue weighted by molar-refractivity contribution is 0.0694. The Bertz CT molecular complexity index is 681. The van der Waals surface area contributed by atoms with Gasteiger partial charge in [0, 0.05) is 11.8 Å². The molecule has 2 rings (SSSR count). The van der Waals surface area contributed by atoms with E-state index >= 15 is 0 Å². The standard InChI is InChI=1S/C15H14N2O4/c1-9-13(15(19)20)7-16-14(17-9)8-21-12-5-3-11(4-6-12)10(2)18/h3-7H,8H2,1-2H3,(H,19,20). The quantitative estimate of drug-likeness (QED) is 0.848. The highest BCUT2D eigenvalue weighted by molar-refractivity contribution is 5.94. The Hall–Kier alpha value is -2.76. The zero-order chi connectivity index (χ0) is 15.4. The first-order valence-electron chi connectivity index (χ1n) is 6.27. The van der Waals surface area contributed by atoms with Gasteiger partial charge in [-0.05, 0) is 38.1 Å². The molecule has 0 aliphatic carbocycles. The van der Waals surface area contributed by atoms with Crippen molar-refractivity contribution in [1.29, 1.82) is 0 Å². The highest BCUT2D eigenvalue weighted by atomic mass is 16.5. The minimum absolute atomic E-state index is 0.00947. The number of aromatic nitrogens is 2. The van der Waals surface area contributed by atoms with Gasteiger partial charge in [0.25, 0.3) is 0 Å². The fourth-order valence-corrected chi connectivity index (χ4v) is 1.73. The van der Waals surface area contributed by atoms with E-state index in [4.69, 9.17) is 9.84 Å². The minimum atomic E-state index is -1.06. The van der Waals surface area contributed by atoms with Crippen molar-refractivity contribution in [1.82, 2.24) is 9.97 Å². The lowest BCUT2D eigenvalue weighted by atomic mass is 10.1. The van der Waals surface area contributed by atoms with Crippen molar-refractivity contribution in [2.45, 2.75) is 20.5 Å². The Labute approximate surface area is 121 Å². The third-order valence-corrected chi connectivity index (χ3v) is 2.89. The van der Waals surface area contributed by atoms with Crippen molar-refractivity contribution < 1.29 is 19.4 Å². The molecule has 0 amide bonds. The van der Waals surface area contributed by atoms with Crippen LogP contribution in [0.15, 0.2) is 30.5 Å². The van der Waals surface area contributed by atoms with Gasteiger partial charge >= 0.3 is 5.97 Å². The van der Waals surface area contributed by atoms with Crippen molar-refractivity contribution in [3.05, 3.63) is 53.1 Å². The molecule has 108 valence electrons. The Morgan fingerprint density at radius 2 is 1.90 bits per heavy atom. The van der Waals surface area contributed by atoms with Crippen molar-refractivity contribution in [3.8, 4) is 5.75 Å². The molecule has 0 spiro atoms. The molecule has 6 nitrogen and oxygen atoms in total. The number of rotatable bonds is 5. The van der Waals surface area contributed by atoms with Crippen LogP contribution in [0, 0.1) is 6.92 Å². The highest BCUT2D eigenvalue weighted by Crippen LogP contribution is 2.14. The first kappa shape index (κ1) is 14.6. The molecule has 2 aromatic rings. The fourth-order valence-electron chi connectivity index (χ4n) is 1.73. The van der Waals surface area contributed by atoms with Crippen molar-refractivity contribution in [3.63, 3.8) is 0 Å². The van der Waals surface area contributed by atoms with Crippen molar-refractivity contribution in [2.75, 3.05) is 0 Å². The summed E-state index contributed by atoms with van der Waals surface area (Å²) in [6.45, 7) is 3.23. The molecule has 0 aliphatic heterocycles. The third kappa shape index (κ3) is 3.62. The predicted molar refractivity (Wildman–Crippen MR) is 74.5 cm³/mol. The lowest BCUT2D eigenvalue weighted by Gasteiger charge is -2.07. The summed E-state index contributed by atoms with van der Waals surface area (Å²) in [5.74, 6) is -0.0822. The number of carboxylic acid groups (broad SMARTS) is 1. The van der Waals surface area contributed by atoms with Crippen LogP contribution in [0.3, 0.4) is 0 Å². The van der Waals surface area contributed by atoms with E-state index < -0.39 is 5.97 Å². The van der Waals surface area contributed by atoms with Gasteiger partial charge in [0.15, 0.2) is 11.6 Å². The molecule has 0 saturated carbocycles. The average molecular weight is 286 g/mol. The van der Waals surface area contributed by atoms with E-state index in [2.05, 4.69) is 9.97 Å². The van der Waals surface area contributed by atoms with Crippen molar-refractivity contribution >= 4 is 11.8 Å². The number of carbonyl (C=O) groups is 2. The van der Waals surface area contributed by atoms with Crippen LogP contribution in [0.4, 0.5) is 0 Å². The van der Waals surface area contributed by atoms with Gasteiger partial charge in [0.05, 0.1) is 11.3 Å². The van der Waals surface area contributed by atoms with Gasteiger partial charge in [0.1, 0.15) is 12.4 Å². The van der Waals surface area contributed by atoms with Crippen LogP contribution in [-0.4, -0.2) is 26.8 Å². The smallest absolute Gasteiger partial charge is 0.339 e. The number of benzene rings is 1. The number of hydrogen-bond acceptors (Lipinski definition) is 5. The van der Waals surface area contributed by atoms with E-state index in [9.17, 15) is 9.59 Å². The number of hydrogen-bond donors (Lipinski definition) is 1. The summed E-state index contributed by atoms with van der Waals surface area (Å²) >= 11 is 0. The van der Waals surface area contributed by atoms with Gasteiger partial charge in [-0.15, -0.1) is 0 Å². The van der Waals surface area contributed by atoms with Crippen LogP contribution in [0.5, 0.6) is 5.75 Å². The summed E-state index contributed by atoms with van der Waals surface area (Å²) < 4.78 is 5.50.